The Morgan fingerprint density at radius 3 is 2.67 bits per heavy atom. The molecule has 0 saturated heterocycles. The van der Waals surface area contributed by atoms with Gasteiger partial charge in [0.1, 0.15) is 0 Å². The van der Waals surface area contributed by atoms with E-state index >= 15 is 0 Å². The number of carbonyl (C=O) groups is 1. The standard InChI is InChI=1S/C29H48INO2/c1-20(31-21(2)32)25-11-12-26-24-10-9-22-19-23(33-18-8-6-5-7-17-30)13-15-28(22,3)27(24)14-16-29(25,26)4/h9,20,23-27H,5-8,10-19H2,1-4H3,(H,31,32)/t20-,23+,24?,25-,26?,27?,28+,29-/m1/s1. The van der Waals surface area contributed by atoms with Crippen LogP contribution in [0.15, 0.2) is 11.6 Å². The quantitative estimate of drug-likeness (QED) is 0.135. The number of alkyl halides is 1. The van der Waals surface area contributed by atoms with Crippen molar-refractivity contribution >= 4 is 28.5 Å². The number of halogens is 1. The Kier molecular flexibility index (Phi) is 8.57. The second-order valence-electron chi connectivity index (χ2n) is 12.3. The smallest absolute Gasteiger partial charge is 0.217 e. The number of allylic oxidation sites excluding steroid dienone is 1. The maximum Gasteiger partial charge on any atom is 0.217 e. The molecule has 4 aliphatic rings. The highest BCUT2D eigenvalue weighted by Crippen LogP contribution is 2.66. The molecule has 0 radical (unpaired) electrons. The van der Waals surface area contributed by atoms with Crippen molar-refractivity contribution in [2.75, 3.05) is 11.0 Å². The molecule has 3 unspecified atom stereocenters. The highest BCUT2D eigenvalue weighted by molar-refractivity contribution is 14.1. The number of rotatable bonds is 9. The summed E-state index contributed by atoms with van der Waals surface area (Å²) >= 11 is 2.48. The van der Waals surface area contributed by atoms with Gasteiger partial charge >= 0.3 is 0 Å². The fourth-order valence-electron chi connectivity index (χ4n) is 8.85. The third-order valence-corrected chi connectivity index (χ3v) is 11.3. The lowest BCUT2D eigenvalue weighted by Gasteiger charge is -2.58. The van der Waals surface area contributed by atoms with E-state index in [4.69, 9.17) is 4.74 Å². The summed E-state index contributed by atoms with van der Waals surface area (Å²) in [5.74, 6) is 3.26. The van der Waals surface area contributed by atoms with Gasteiger partial charge in [-0.1, -0.05) is 60.9 Å². The molecule has 33 heavy (non-hydrogen) atoms. The molecule has 0 aromatic rings. The zero-order chi connectivity index (χ0) is 23.6. The van der Waals surface area contributed by atoms with Crippen LogP contribution in [-0.4, -0.2) is 29.1 Å². The summed E-state index contributed by atoms with van der Waals surface area (Å²) in [6.07, 6.45) is 18.7. The number of fused-ring (bicyclic) bond motifs is 5. The van der Waals surface area contributed by atoms with Crippen LogP contribution in [0.1, 0.15) is 105 Å². The maximum absolute atomic E-state index is 11.7. The fourth-order valence-corrected chi connectivity index (χ4v) is 9.39. The van der Waals surface area contributed by atoms with Crippen molar-refractivity contribution in [1.29, 1.82) is 0 Å². The van der Waals surface area contributed by atoms with Gasteiger partial charge in [0.2, 0.25) is 5.91 Å². The molecule has 0 heterocycles. The average molecular weight is 570 g/mol. The predicted octanol–water partition coefficient (Wildman–Crippen LogP) is 7.47. The van der Waals surface area contributed by atoms with Crippen molar-refractivity contribution in [3.8, 4) is 0 Å². The molecule has 0 aliphatic heterocycles. The van der Waals surface area contributed by atoms with Gasteiger partial charge in [0.25, 0.3) is 0 Å². The third-order valence-electron chi connectivity index (χ3n) is 10.5. The monoisotopic (exact) mass is 569 g/mol. The van der Waals surface area contributed by atoms with Crippen molar-refractivity contribution < 1.29 is 9.53 Å². The van der Waals surface area contributed by atoms with Crippen LogP contribution in [0.25, 0.3) is 0 Å². The predicted molar refractivity (Wildman–Crippen MR) is 146 cm³/mol. The SMILES string of the molecule is CC(=O)N[C@H](C)[C@H]1CCC2C3CC=C4C[C@@H](OCCCCCCI)CC[C@]4(C)C3CC[C@@]21C. The summed E-state index contributed by atoms with van der Waals surface area (Å²) in [5, 5.41) is 3.24. The molecule has 1 amide bonds. The van der Waals surface area contributed by atoms with E-state index in [-0.39, 0.29) is 5.91 Å². The van der Waals surface area contributed by atoms with Gasteiger partial charge in [-0.25, -0.2) is 0 Å². The van der Waals surface area contributed by atoms with Crippen molar-refractivity contribution in [1.82, 2.24) is 5.32 Å². The Balaban J connectivity index is 1.38. The molecule has 0 aromatic carbocycles. The molecule has 0 aromatic heterocycles. The van der Waals surface area contributed by atoms with E-state index in [1.165, 1.54) is 81.5 Å². The van der Waals surface area contributed by atoms with Gasteiger partial charge in [-0.2, -0.15) is 0 Å². The van der Waals surface area contributed by atoms with Crippen LogP contribution < -0.4 is 5.32 Å². The first-order valence-corrected chi connectivity index (χ1v) is 15.5. The topological polar surface area (TPSA) is 38.3 Å². The lowest BCUT2D eigenvalue weighted by atomic mass is 9.47. The first-order valence-electron chi connectivity index (χ1n) is 13.9. The number of hydrogen-bond acceptors (Lipinski definition) is 2. The molecule has 3 fully saturated rings. The van der Waals surface area contributed by atoms with E-state index < -0.39 is 0 Å². The lowest BCUT2D eigenvalue weighted by molar-refractivity contribution is -0.120. The average Bonchev–Trinajstić information content (AvgIpc) is 3.13. The highest BCUT2D eigenvalue weighted by Gasteiger charge is 2.59. The third kappa shape index (κ3) is 5.22. The molecule has 0 bridgehead atoms. The molecule has 3 saturated carbocycles. The lowest BCUT2D eigenvalue weighted by Crippen LogP contribution is -2.52. The summed E-state index contributed by atoms with van der Waals surface area (Å²) in [5.41, 5.74) is 2.52. The van der Waals surface area contributed by atoms with E-state index in [0.717, 1.165) is 24.4 Å². The van der Waals surface area contributed by atoms with E-state index in [1.807, 2.05) is 0 Å². The van der Waals surface area contributed by atoms with Gasteiger partial charge in [-0.3, -0.25) is 4.79 Å². The largest absolute Gasteiger partial charge is 0.378 e. The van der Waals surface area contributed by atoms with Crippen molar-refractivity contribution in [3.63, 3.8) is 0 Å². The molecule has 3 nitrogen and oxygen atoms in total. The maximum atomic E-state index is 11.7. The Morgan fingerprint density at radius 2 is 1.91 bits per heavy atom. The number of ether oxygens (including phenoxy) is 1. The zero-order valence-corrected chi connectivity index (χ0v) is 23.8. The summed E-state index contributed by atoms with van der Waals surface area (Å²) in [7, 11) is 0. The second kappa shape index (κ2) is 10.9. The molecule has 8 atom stereocenters. The van der Waals surface area contributed by atoms with Gasteiger partial charge in [0.15, 0.2) is 0 Å². The molecular weight excluding hydrogens is 521 g/mol. The first kappa shape index (κ1) is 26.0. The van der Waals surface area contributed by atoms with Crippen LogP contribution in [0.2, 0.25) is 0 Å². The minimum absolute atomic E-state index is 0.126. The number of nitrogens with one attached hydrogen (secondary N) is 1. The van der Waals surface area contributed by atoms with Crippen LogP contribution in [-0.2, 0) is 9.53 Å². The summed E-state index contributed by atoms with van der Waals surface area (Å²) in [6.45, 7) is 10.0. The summed E-state index contributed by atoms with van der Waals surface area (Å²) in [4.78, 5) is 11.7. The minimum Gasteiger partial charge on any atom is -0.378 e. The van der Waals surface area contributed by atoms with Crippen LogP contribution in [0.3, 0.4) is 0 Å². The Labute approximate surface area is 216 Å². The van der Waals surface area contributed by atoms with Crippen LogP contribution in [0, 0.1) is 34.5 Å². The van der Waals surface area contributed by atoms with E-state index in [9.17, 15) is 4.79 Å². The Bertz CT molecular complexity index is 722. The summed E-state index contributed by atoms with van der Waals surface area (Å²) < 4.78 is 7.66. The number of carbonyl (C=O) groups excluding carboxylic acids is 1. The van der Waals surface area contributed by atoms with Gasteiger partial charge in [0, 0.05) is 19.6 Å². The Hall–Kier alpha value is -0.100. The van der Waals surface area contributed by atoms with Crippen molar-refractivity contribution in [2.45, 2.75) is 117 Å². The normalized spacial score (nSPS) is 40.9. The van der Waals surface area contributed by atoms with Gasteiger partial charge in [-0.05, 0) is 110 Å². The van der Waals surface area contributed by atoms with E-state index in [0.29, 0.717) is 28.9 Å². The van der Waals surface area contributed by atoms with E-state index in [2.05, 4.69) is 54.8 Å². The van der Waals surface area contributed by atoms with Crippen LogP contribution in [0.5, 0.6) is 0 Å². The number of unbranched alkanes of at least 4 members (excludes halogenated alkanes) is 3. The van der Waals surface area contributed by atoms with Gasteiger partial charge in [-0.15, -0.1) is 0 Å². The minimum atomic E-state index is 0.126. The Morgan fingerprint density at radius 1 is 1.12 bits per heavy atom. The number of hydrogen-bond donors (Lipinski definition) is 1. The second-order valence-corrected chi connectivity index (χ2v) is 13.4. The van der Waals surface area contributed by atoms with Crippen LogP contribution in [0.4, 0.5) is 0 Å². The molecule has 4 rings (SSSR count). The zero-order valence-electron chi connectivity index (χ0n) is 21.6. The molecule has 4 heteroatoms. The first-order chi connectivity index (χ1) is 15.8. The molecule has 0 spiro atoms. The molecule has 188 valence electrons. The van der Waals surface area contributed by atoms with E-state index in [1.54, 1.807) is 12.5 Å². The number of amides is 1. The molecule has 4 aliphatic carbocycles. The van der Waals surface area contributed by atoms with Gasteiger partial charge in [0.05, 0.1) is 6.10 Å². The van der Waals surface area contributed by atoms with Crippen LogP contribution >= 0.6 is 22.6 Å². The highest BCUT2D eigenvalue weighted by atomic mass is 127. The van der Waals surface area contributed by atoms with Gasteiger partial charge < -0.3 is 10.1 Å². The van der Waals surface area contributed by atoms with Crippen molar-refractivity contribution in [2.24, 2.45) is 34.5 Å². The fraction of sp³-hybridized carbons (Fsp3) is 0.897. The molecular formula is C29H48INO2. The molecule has 1 N–H and O–H groups in total. The van der Waals surface area contributed by atoms with Crippen molar-refractivity contribution in [3.05, 3.63) is 11.6 Å². The summed E-state index contributed by atoms with van der Waals surface area (Å²) in [6, 6.07) is 0.300.